The fourth-order valence-electron chi connectivity index (χ4n) is 3.24. The highest BCUT2D eigenvalue weighted by atomic mass is 32.1. The van der Waals surface area contributed by atoms with Crippen molar-refractivity contribution in [2.75, 3.05) is 0 Å². The Balaban J connectivity index is 1.53. The van der Waals surface area contributed by atoms with Crippen LogP contribution in [0, 0.1) is 0 Å². The van der Waals surface area contributed by atoms with Crippen LogP contribution in [0.1, 0.15) is 30.0 Å². The fourth-order valence-corrected chi connectivity index (χ4v) is 3.88. The number of hydrogen-bond acceptors (Lipinski definition) is 7. The molecule has 1 aliphatic rings. The van der Waals surface area contributed by atoms with Gasteiger partial charge in [0.2, 0.25) is 11.7 Å². The molecule has 4 heterocycles. The van der Waals surface area contributed by atoms with Crippen LogP contribution in [0.15, 0.2) is 33.2 Å². The number of rotatable bonds is 3. The van der Waals surface area contributed by atoms with E-state index in [2.05, 4.69) is 20.3 Å². The maximum atomic E-state index is 12.9. The van der Waals surface area contributed by atoms with E-state index < -0.39 is 0 Å². The maximum Gasteiger partial charge on any atom is 0.293 e. The fraction of sp³-hybridized carbons (Fsp3) is 0.312. The summed E-state index contributed by atoms with van der Waals surface area (Å²) in [5, 5.41) is 14.6. The van der Waals surface area contributed by atoms with Crippen molar-refractivity contribution in [2.45, 2.75) is 32.2 Å². The number of thiophene rings is 1. The van der Waals surface area contributed by atoms with E-state index in [9.17, 15) is 4.79 Å². The van der Waals surface area contributed by atoms with Crippen LogP contribution >= 0.6 is 11.3 Å². The quantitative estimate of drug-likeness (QED) is 0.558. The summed E-state index contributed by atoms with van der Waals surface area (Å²) in [6.07, 6.45) is 5.59. The summed E-state index contributed by atoms with van der Waals surface area (Å²) in [6.45, 7) is 0.146. The van der Waals surface area contributed by atoms with Crippen LogP contribution in [0.2, 0.25) is 0 Å². The Labute approximate surface area is 145 Å². The SMILES string of the molecule is O=c1c2c3c(nn2cnn1Cc1nc(-c2cccs2)no1)CCCC3. The van der Waals surface area contributed by atoms with E-state index in [1.165, 1.54) is 16.0 Å². The van der Waals surface area contributed by atoms with Crippen LogP contribution in [0.4, 0.5) is 0 Å². The second-order valence-electron chi connectivity index (χ2n) is 6.01. The lowest BCUT2D eigenvalue weighted by Gasteiger charge is -2.08. The third-order valence-electron chi connectivity index (χ3n) is 4.41. The minimum Gasteiger partial charge on any atom is -0.337 e. The summed E-state index contributed by atoms with van der Waals surface area (Å²) < 4.78 is 8.23. The van der Waals surface area contributed by atoms with Crippen molar-refractivity contribution in [3.05, 3.63) is 51.3 Å². The highest BCUT2D eigenvalue weighted by molar-refractivity contribution is 7.13. The molecule has 126 valence electrons. The molecule has 0 radical (unpaired) electrons. The number of aryl methyl sites for hydroxylation is 2. The highest BCUT2D eigenvalue weighted by Crippen LogP contribution is 2.23. The van der Waals surface area contributed by atoms with Crippen molar-refractivity contribution in [1.82, 2.24) is 29.5 Å². The Morgan fingerprint density at radius 1 is 1.28 bits per heavy atom. The van der Waals surface area contributed by atoms with Gasteiger partial charge in [-0.25, -0.2) is 9.20 Å². The monoisotopic (exact) mass is 354 g/mol. The van der Waals surface area contributed by atoms with Gasteiger partial charge in [0, 0.05) is 5.56 Å². The average molecular weight is 354 g/mol. The Morgan fingerprint density at radius 3 is 3.08 bits per heavy atom. The van der Waals surface area contributed by atoms with Crippen LogP contribution in [0.25, 0.3) is 16.2 Å². The molecule has 0 atom stereocenters. The molecule has 0 saturated heterocycles. The van der Waals surface area contributed by atoms with Crippen molar-refractivity contribution in [1.29, 1.82) is 0 Å². The van der Waals surface area contributed by atoms with E-state index >= 15 is 0 Å². The summed E-state index contributed by atoms with van der Waals surface area (Å²) in [7, 11) is 0. The molecule has 9 heteroatoms. The molecule has 25 heavy (non-hydrogen) atoms. The molecule has 0 unspecified atom stereocenters. The largest absolute Gasteiger partial charge is 0.337 e. The van der Waals surface area contributed by atoms with Crippen molar-refractivity contribution in [2.24, 2.45) is 0 Å². The van der Waals surface area contributed by atoms with E-state index in [-0.39, 0.29) is 12.1 Å². The molecule has 0 aliphatic heterocycles. The predicted molar refractivity (Wildman–Crippen MR) is 90.6 cm³/mol. The molecule has 0 saturated carbocycles. The Kier molecular flexibility index (Phi) is 3.27. The lowest BCUT2D eigenvalue weighted by molar-refractivity contribution is 0.362. The lowest BCUT2D eigenvalue weighted by Crippen LogP contribution is -2.26. The van der Waals surface area contributed by atoms with Crippen LogP contribution in [0.5, 0.6) is 0 Å². The number of fused-ring (bicyclic) bond motifs is 3. The molecule has 0 N–H and O–H groups in total. The van der Waals surface area contributed by atoms with E-state index in [1.54, 1.807) is 10.8 Å². The minimum atomic E-state index is -0.172. The molecule has 0 bridgehead atoms. The molecule has 8 nitrogen and oxygen atoms in total. The van der Waals surface area contributed by atoms with E-state index in [0.29, 0.717) is 17.2 Å². The second kappa shape index (κ2) is 5.62. The van der Waals surface area contributed by atoms with Crippen LogP contribution < -0.4 is 5.56 Å². The van der Waals surface area contributed by atoms with Crippen molar-refractivity contribution in [3.63, 3.8) is 0 Å². The normalized spacial score (nSPS) is 14.1. The van der Waals surface area contributed by atoms with Gasteiger partial charge in [0.05, 0.1) is 10.6 Å². The summed E-state index contributed by atoms with van der Waals surface area (Å²) >= 11 is 1.54. The van der Waals surface area contributed by atoms with Gasteiger partial charge in [-0.1, -0.05) is 11.2 Å². The predicted octanol–water partition coefficient (Wildman–Crippen LogP) is 1.93. The van der Waals surface area contributed by atoms with Crippen LogP contribution in [-0.2, 0) is 19.4 Å². The van der Waals surface area contributed by atoms with Gasteiger partial charge in [-0.3, -0.25) is 4.79 Å². The van der Waals surface area contributed by atoms with Gasteiger partial charge in [-0.2, -0.15) is 15.2 Å². The van der Waals surface area contributed by atoms with Crippen LogP contribution in [0.3, 0.4) is 0 Å². The molecule has 0 fully saturated rings. The maximum absolute atomic E-state index is 12.9. The zero-order valence-corrected chi connectivity index (χ0v) is 14.1. The van der Waals surface area contributed by atoms with Gasteiger partial charge < -0.3 is 4.52 Å². The summed E-state index contributed by atoms with van der Waals surface area (Å²) in [5.74, 6) is 0.886. The van der Waals surface area contributed by atoms with Crippen LogP contribution in [-0.4, -0.2) is 29.5 Å². The van der Waals surface area contributed by atoms with Gasteiger partial charge in [0.25, 0.3) is 5.56 Å². The summed E-state index contributed by atoms with van der Waals surface area (Å²) in [4.78, 5) is 18.1. The first-order valence-corrected chi connectivity index (χ1v) is 9.00. The first kappa shape index (κ1) is 14.5. The molecular weight excluding hydrogens is 340 g/mol. The Hall–Kier alpha value is -2.81. The molecule has 1 aliphatic carbocycles. The van der Waals surface area contributed by atoms with E-state index in [0.717, 1.165) is 41.8 Å². The molecule has 0 amide bonds. The van der Waals surface area contributed by atoms with Crippen molar-refractivity contribution in [3.8, 4) is 10.7 Å². The molecule has 5 rings (SSSR count). The first-order valence-electron chi connectivity index (χ1n) is 8.12. The standard InChI is InChI=1S/C16H14N6O2S/c23-16-14-10-4-1-2-5-11(10)19-22(14)9-17-21(16)8-13-18-15(20-24-13)12-6-3-7-25-12/h3,6-7,9H,1-2,4-5,8H2. The zero-order valence-electron chi connectivity index (χ0n) is 13.3. The molecule has 0 aromatic carbocycles. The Morgan fingerprint density at radius 2 is 2.20 bits per heavy atom. The molecule has 0 spiro atoms. The van der Waals surface area contributed by atoms with E-state index in [1.807, 2.05) is 17.5 Å². The van der Waals surface area contributed by atoms with E-state index in [4.69, 9.17) is 4.52 Å². The summed E-state index contributed by atoms with van der Waals surface area (Å²) in [6, 6.07) is 3.85. The number of aromatic nitrogens is 6. The van der Waals surface area contributed by atoms with Gasteiger partial charge in [-0.15, -0.1) is 11.3 Å². The van der Waals surface area contributed by atoms with Gasteiger partial charge in [0.15, 0.2) is 0 Å². The van der Waals surface area contributed by atoms with Crippen molar-refractivity contribution < 1.29 is 4.52 Å². The van der Waals surface area contributed by atoms with Gasteiger partial charge >= 0.3 is 0 Å². The third kappa shape index (κ3) is 2.39. The molecular formula is C16H14N6O2S. The van der Waals surface area contributed by atoms with Gasteiger partial charge in [0.1, 0.15) is 18.4 Å². The Bertz CT molecular complexity index is 1110. The van der Waals surface area contributed by atoms with Gasteiger partial charge in [-0.05, 0) is 37.1 Å². The number of nitrogens with zero attached hydrogens (tertiary/aromatic N) is 6. The summed E-state index contributed by atoms with van der Waals surface area (Å²) in [5.41, 5.74) is 2.51. The topological polar surface area (TPSA) is 91.1 Å². The third-order valence-corrected chi connectivity index (χ3v) is 5.28. The number of hydrogen-bond donors (Lipinski definition) is 0. The molecule has 4 aromatic heterocycles. The first-order chi connectivity index (χ1) is 12.3. The second-order valence-corrected chi connectivity index (χ2v) is 6.96. The van der Waals surface area contributed by atoms with Crippen molar-refractivity contribution >= 4 is 16.9 Å². The highest BCUT2D eigenvalue weighted by Gasteiger charge is 2.20. The average Bonchev–Trinajstić information content (AvgIpc) is 3.36. The molecule has 4 aromatic rings. The minimum absolute atomic E-state index is 0.146. The lowest BCUT2D eigenvalue weighted by atomic mass is 9.97. The zero-order chi connectivity index (χ0) is 16.8. The smallest absolute Gasteiger partial charge is 0.293 e.